The van der Waals surface area contributed by atoms with Gasteiger partial charge in [-0.25, -0.2) is 9.37 Å². The zero-order valence-electron chi connectivity index (χ0n) is 16.2. The molecule has 5 aromatic rings. The van der Waals surface area contributed by atoms with Gasteiger partial charge in [-0.1, -0.05) is 12.1 Å². The SMILES string of the molecule is O=C(O)Cc1csc2cc(OCc3ccc4oc(-c5cccc(F)c5)nc4c3)ccc12. The summed E-state index contributed by atoms with van der Waals surface area (Å²) in [6, 6.07) is 17.4. The van der Waals surface area contributed by atoms with E-state index in [0.29, 0.717) is 34.9 Å². The highest BCUT2D eigenvalue weighted by Gasteiger charge is 2.11. The molecule has 0 amide bonds. The van der Waals surface area contributed by atoms with Crippen LogP contribution in [-0.4, -0.2) is 16.1 Å². The van der Waals surface area contributed by atoms with Crippen molar-refractivity contribution in [2.45, 2.75) is 13.0 Å². The number of thiophene rings is 1. The van der Waals surface area contributed by atoms with E-state index in [-0.39, 0.29) is 12.2 Å². The maximum Gasteiger partial charge on any atom is 0.307 e. The summed E-state index contributed by atoms with van der Waals surface area (Å²) < 4.78 is 26.1. The van der Waals surface area contributed by atoms with Gasteiger partial charge in [0.25, 0.3) is 0 Å². The van der Waals surface area contributed by atoms with E-state index in [2.05, 4.69) is 4.98 Å². The number of rotatable bonds is 6. The Morgan fingerprint density at radius 1 is 1.13 bits per heavy atom. The number of halogens is 1. The van der Waals surface area contributed by atoms with Crippen LogP contribution in [0.25, 0.3) is 32.6 Å². The van der Waals surface area contributed by atoms with Crippen LogP contribution in [0.15, 0.2) is 70.5 Å². The largest absolute Gasteiger partial charge is 0.489 e. The standard InChI is InChI=1S/C24H16FNO4S/c25-17-3-1-2-15(9-17)24-26-20-8-14(4-7-21(20)30-24)12-29-18-5-6-19-16(10-23(27)28)13-31-22(19)11-18/h1-9,11,13H,10,12H2,(H,27,28). The van der Waals surface area contributed by atoms with Crippen molar-refractivity contribution in [1.82, 2.24) is 4.98 Å². The molecule has 5 nitrogen and oxygen atoms in total. The first-order chi connectivity index (χ1) is 15.0. The zero-order valence-corrected chi connectivity index (χ0v) is 17.0. The number of carboxylic acid groups (broad SMARTS) is 1. The first kappa shape index (κ1) is 19.3. The normalized spacial score (nSPS) is 11.3. The summed E-state index contributed by atoms with van der Waals surface area (Å²) in [5.41, 5.74) is 3.61. The van der Waals surface area contributed by atoms with Gasteiger partial charge >= 0.3 is 5.97 Å². The summed E-state index contributed by atoms with van der Waals surface area (Å²) in [6.45, 7) is 0.344. The van der Waals surface area contributed by atoms with E-state index in [4.69, 9.17) is 14.3 Å². The van der Waals surface area contributed by atoms with Gasteiger partial charge in [-0.15, -0.1) is 11.3 Å². The monoisotopic (exact) mass is 433 g/mol. The van der Waals surface area contributed by atoms with E-state index in [9.17, 15) is 9.18 Å². The summed E-state index contributed by atoms with van der Waals surface area (Å²) in [4.78, 5) is 15.5. The second-order valence-corrected chi connectivity index (χ2v) is 8.02. The molecule has 0 saturated carbocycles. The molecule has 7 heteroatoms. The number of fused-ring (bicyclic) bond motifs is 2. The third-order valence-corrected chi connectivity index (χ3v) is 5.89. The number of aliphatic carboxylic acids is 1. The lowest BCUT2D eigenvalue weighted by molar-refractivity contribution is -0.136. The van der Waals surface area contributed by atoms with E-state index in [1.165, 1.54) is 23.5 Å². The lowest BCUT2D eigenvalue weighted by atomic mass is 10.1. The zero-order chi connectivity index (χ0) is 21.4. The van der Waals surface area contributed by atoms with Crippen LogP contribution >= 0.6 is 11.3 Å². The molecule has 3 aromatic carbocycles. The van der Waals surface area contributed by atoms with E-state index in [1.54, 1.807) is 12.1 Å². The van der Waals surface area contributed by atoms with Crippen LogP contribution in [0, 0.1) is 5.82 Å². The van der Waals surface area contributed by atoms with Crippen molar-refractivity contribution >= 4 is 38.5 Å². The summed E-state index contributed by atoms with van der Waals surface area (Å²) in [5.74, 6) is -0.111. The van der Waals surface area contributed by atoms with Crippen LogP contribution in [0.3, 0.4) is 0 Å². The average Bonchev–Trinajstić information content (AvgIpc) is 3.35. The molecule has 0 atom stereocenters. The molecular formula is C24H16FNO4S. The van der Waals surface area contributed by atoms with Gasteiger partial charge < -0.3 is 14.3 Å². The van der Waals surface area contributed by atoms with Gasteiger partial charge in [0.2, 0.25) is 5.89 Å². The fourth-order valence-corrected chi connectivity index (χ4v) is 4.42. The molecule has 2 aromatic heterocycles. The average molecular weight is 433 g/mol. The number of aromatic nitrogens is 1. The molecule has 154 valence electrons. The maximum atomic E-state index is 13.5. The number of hydrogen-bond donors (Lipinski definition) is 1. The number of nitrogens with zero attached hydrogens (tertiary/aromatic N) is 1. The van der Waals surface area contributed by atoms with Crippen molar-refractivity contribution in [3.05, 3.63) is 83.0 Å². The smallest absolute Gasteiger partial charge is 0.307 e. The van der Waals surface area contributed by atoms with Gasteiger partial charge in [-0.2, -0.15) is 0 Å². The third kappa shape index (κ3) is 4.00. The Bertz CT molecular complexity index is 1420. The van der Waals surface area contributed by atoms with Crippen molar-refractivity contribution in [2.24, 2.45) is 0 Å². The lowest BCUT2D eigenvalue weighted by Crippen LogP contribution is -1.98. The van der Waals surface area contributed by atoms with Gasteiger partial charge in [0.05, 0.1) is 6.42 Å². The first-order valence-electron chi connectivity index (χ1n) is 9.55. The van der Waals surface area contributed by atoms with Crippen molar-refractivity contribution in [1.29, 1.82) is 0 Å². The van der Waals surface area contributed by atoms with Crippen LogP contribution in [0.1, 0.15) is 11.1 Å². The summed E-state index contributed by atoms with van der Waals surface area (Å²) in [5, 5.41) is 11.8. The van der Waals surface area contributed by atoms with E-state index in [1.807, 2.05) is 41.8 Å². The molecule has 0 unspecified atom stereocenters. The van der Waals surface area contributed by atoms with Crippen LogP contribution in [0.5, 0.6) is 5.75 Å². The molecule has 0 aliphatic heterocycles. The molecular weight excluding hydrogens is 417 g/mol. The maximum absolute atomic E-state index is 13.5. The van der Waals surface area contributed by atoms with Crippen molar-refractivity contribution in [3.8, 4) is 17.2 Å². The van der Waals surface area contributed by atoms with Gasteiger partial charge in [0.15, 0.2) is 5.58 Å². The fraction of sp³-hybridized carbons (Fsp3) is 0.0833. The summed E-state index contributed by atoms with van der Waals surface area (Å²) >= 11 is 1.50. The van der Waals surface area contributed by atoms with Crippen molar-refractivity contribution < 1.29 is 23.4 Å². The molecule has 0 aliphatic rings. The second kappa shape index (κ2) is 7.85. The van der Waals surface area contributed by atoms with Crippen LogP contribution in [0.2, 0.25) is 0 Å². The Kier molecular flexibility index (Phi) is 4.88. The molecule has 1 N–H and O–H groups in total. The minimum absolute atomic E-state index is 0.00945. The first-order valence-corrected chi connectivity index (χ1v) is 10.4. The molecule has 2 heterocycles. The van der Waals surface area contributed by atoms with E-state index >= 15 is 0 Å². The number of carbonyl (C=O) groups is 1. The fourth-order valence-electron chi connectivity index (χ4n) is 3.43. The molecule has 0 bridgehead atoms. The van der Waals surface area contributed by atoms with Crippen LogP contribution in [-0.2, 0) is 17.8 Å². The molecule has 0 fully saturated rings. The van der Waals surface area contributed by atoms with E-state index in [0.717, 1.165) is 21.2 Å². The number of carboxylic acids is 1. The van der Waals surface area contributed by atoms with E-state index < -0.39 is 5.97 Å². The minimum Gasteiger partial charge on any atom is -0.489 e. The third-order valence-electron chi connectivity index (χ3n) is 4.90. The summed E-state index contributed by atoms with van der Waals surface area (Å²) in [6.07, 6.45) is 0.00945. The van der Waals surface area contributed by atoms with Gasteiger partial charge in [-0.3, -0.25) is 4.79 Å². The highest BCUT2D eigenvalue weighted by Crippen LogP contribution is 2.31. The Hall–Kier alpha value is -3.71. The second-order valence-electron chi connectivity index (χ2n) is 7.11. The number of hydrogen-bond acceptors (Lipinski definition) is 5. The minimum atomic E-state index is -0.844. The molecule has 31 heavy (non-hydrogen) atoms. The highest BCUT2D eigenvalue weighted by molar-refractivity contribution is 7.17. The quantitative estimate of drug-likeness (QED) is 0.353. The van der Waals surface area contributed by atoms with Crippen LogP contribution < -0.4 is 4.74 Å². The topological polar surface area (TPSA) is 72.6 Å². The van der Waals surface area contributed by atoms with Gasteiger partial charge in [0.1, 0.15) is 23.7 Å². The molecule has 0 aliphatic carbocycles. The predicted molar refractivity (Wildman–Crippen MR) is 117 cm³/mol. The number of benzene rings is 3. The van der Waals surface area contributed by atoms with Crippen molar-refractivity contribution in [2.75, 3.05) is 0 Å². The molecule has 0 spiro atoms. The Balaban J connectivity index is 1.34. The highest BCUT2D eigenvalue weighted by atomic mass is 32.1. The van der Waals surface area contributed by atoms with Gasteiger partial charge in [-0.05, 0) is 70.4 Å². The molecule has 0 radical (unpaired) electrons. The van der Waals surface area contributed by atoms with Crippen LogP contribution in [0.4, 0.5) is 4.39 Å². The predicted octanol–water partition coefficient (Wildman–Crippen LogP) is 6.05. The summed E-state index contributed by atoms with van der Waals surface area (Å²) in [7, 11) is 0. The Morgan fingerprint density at radius 2 is 2.03 bits per heavy atom. The lowest BCUT2D eigenvalue weighted by Gasteiger charge is -2.06. The Labute approximate surface area is 180 Å². The van der Waals surface area contributed by atoms with Gasteiger partial charge in [0, 0.05) is 10.3 Å². The Morgan fingerprint density at radius 3 is 2.87 bits per heavy atom. The van der Waals surface area contributed by atoms with Crippen molar-refractivity contribution in [3.63, 3.8) is 0 Å². The molecule has 5 rings (SSSR count). The number of ether oxygens (including phenoxy) is 1. The molecule has 0 saturated heterocycles. The number of oxazole rings is 1.